The number of hydrogen-bond acceptors (Lipinski definition) is 4. The number of ether oxygens (including phenoxy) is 1. The number of nitrogens with zero attached hydrogens (tertiary/aromatic N) is 3. The van der Waals surface area contributed by atoms with E-state index in [1.807, 2.05) is 30.5 Å². The Morgan fingerprint density at radius 2 is 2.00 bits per heavy atom. The van der Waals surface area contributed by atoms with Crippen molar-refractivity contribution >= 4 is 17.5 Å². The normalized spacial score (nSPS) is 10.6. The number of carbonyl (C=O) groups excluding carboxylic acids is 1. The minimum Gasteiger partial charge on any atom is -0.383 e. The van der Waals surface area contributed by atoms with E-state index in [1.54, 1.807) is 36.3 Å². The first-order valence-electron chi connectivity index (χ1n) is 7.71. The molecule has 0 unspecified atom stereocenters. The smallest absolute Gasteiger partial charge is 0.252 e. The minimum atomic E-state index is -0.173. The maximum Gasteiger partial charge on any atom is 0.252 e. The topological polar surface area (TPSA) is 69.0 Å². The number of carbonyl (C=O) groups is 1. The van der Waals surface area contributed by atoms with Crippen LogP contribution in [0.15, 0.2) is 55.0 Å². The zero-order valence-electron chi connectivity index (χ0n) is 13.6. The van der Waals surface area contributed by atoms with Crippen LogP contribution in [0.4, 0.5) is 0 Å². The summed E-state index contributed by atoms with van der Waals surface area (Å²) in [5, 5.41) is 7.78. The molecule has 2 aromatic heterocycles. The largest absolute Gasteiger partial charge is 0.383 e. The molecule has 0 atom stereocenters. The molecule has 0 bridgehead atoms. The second-order valence-corrected chi connectivity index (χ2v) is 5.77. The Bertz CT molecular complexity index is 844. The molecule has 1 aromatic carbocycles. The van der Waals surface area contributed by atoms with Crippen LogP contribution in [0.1, 0.15) is 10.4 Å². The third-order valence-corrected chi connectivity index (χ3v) is 3.84. The molecule has 1 N–H and O–H groups in total. The molecule has 1 amide bonds. The summed E-state index contributed by atoms with van der Waals surface area (Å²) in [6, 6.07) is 10.9. The third-order valence-electron chi connectivity index (χ3n) is 3.59. The molecule has 0 aliphatic heterocycles. The highest BCUT2D eigenvalue weighted by Crippen LogP contribution is 2.19. The van der Waals surface area contributed by atoms with Gasteiger partial charge in [0.05, 0.1) is 29.7 Å². The molecule has 0 spiro atoms. The first-order chi connectivity index (χ1) is 12.2. The first-order valence-corrected chi connectivity index (χ1v) is 8.09. The fraction of sp³-hybridized carbons (Fsp3) is 0.167. The number of aromatic nitrogens is 3. The first kappa shape index (κ1) is 17.1. The van der Waals surface area contributed by atoms with Crippen LogP contribution in [0.5, 0.6) is 0 Å². The van der Waals surface area contributed by atoms with E-state index in [-0.39, 0.29) is 5.91 Å². The van der Waals surface area contributed by atoms with E-state index in [0.29, 0.717) is 23.7 Å². The van der Waals surface area contributed by atoms with Gasteiger partial charge in [-0.3, -0.25) is 9.78 Å². The summed E-state index contributed by atoms with van der Waals surface area (Å²) in [5.41, 5.74) is 3.02. The summed E-state index contributed by atoms with van der Waals surface area (Å²) in [5.74, 6) is -0.173. The molecular weight excluding hydrogens is 340 g/mol. The van der Waals surface area contributed by atoms with Gasteiger partial charge in [0.1, 0.15) is 0 Å². The van der Waals surface area contributed by atoms with E-state index in [1.165, 1.54) is 0 Å². The number of halogens is 1. The third kappa shape index (κ3) is 4.23. The van der Waals surface area contributed by atoms with Gasteiger partial charge in [0, 0.05) is 36.6 Å². The van der Waals surface area contributed by atoms with E-state index >= 15 is 0 Å². The molecule has 7 heteroatoms. The maximum atomic E-state index is 12.0. The molecular formula is C18H17ClN4O2. The summed E-state index contributed by atoms with van der Waals surface area (Å²) in [4.78, 5) is 16.3. The lowest BCUT2D eigenvalue weighted by Crippen LogP contribution is -2.26. The van der Waals surface area contributed by atoms with Gasteiger partial charge in [-0.2, -0.15) is 5.10 Å². The summed E-state index contributed by atoms with van der Waals surface area (Å²) in [7, 11) is 1.59. The lowest BCUT2D eigenvalue weighted by molar-refractivity contribution is 0.0937. The Balaban J connectivity index is 1.72. The standard InChI is InChI=1S/C18H17ClN4O2/c1-25-9-8-20-18(24)13-2-7-17(21-10-13)14-11-22-23(12-14)16-5-3-15(19)4-6-16/h2-7,10-12H,8-9H2,1H3,(H,20,24). The SMILES string of the molecule is COCCNC(=O)c1ccc(-c2cnn(-c3ccc(Cl)cc3)c2)nc1. The van der Waals surface area contributed by atoms with Gasteiger partial charge >= 0.3 is 0 Å². The van der Waals surface area contributed by atoms with Crippen molar-refractivity contribution in [3.63, 3.8) is 0 Å². The molecule has 0 aliphatic carbocycles. The van der Waals surface area contributed by atoms with Gasteiger partial charge in [-0.25, -0.2) is 4.68 Å². The Morgan fingerprint density at radius 1 is 1.20 bits per heavy atom. The van der Waals surface area contributed by atoms with Crippen LogP contribution in [-0.2, 0) is 4.74 Å². The quantitative estimate of drug-likeness (QED) is 0.689. The van der Waals surface area contributed by atoms with Crippen molar-refractivity contribution in [3.8, 4) is 16.9 Å². The summed E-state index contributed by atoms with van der Waals surface area (Å²) in [6.45, 7) is 0.937. The average molecular weight is 357 g/mol. The summed E-state index contributed by atoms with van der Waals surface area (Å²) < 4.78 is 6.65. The van der Waals surface area contributed by atoms with Gasteiger partial charge in [-0.1, -0.05) is 11.6 Å². The van der Waals surface area contributed by atoms with Crippen LogP contribution in [0.25, 0.3) is 16.9 Å². The Hall–Kier alpha value is -2.70. The number of methoxy groups -OCH3 is 1. The van der Waals surface area contributed by atoms with Gasteiger partial charge in [0.15, 0.2) is 0 Å². The van der Waals surface area contributed by atoms with Crippen molar-refractivity contribution in [2.75, 3.05) is 20.3 Å². The van der Waals surface area contributed by atoms with Crippen molar-refractivity contribution in [2.45, 2.75) is 0 Å². The van der Waals surface area contributed by atoms with Crippen LogP contribution in [0.3, 0.4) is 0 Å². The van der Waals surface area contributed by atoms with E-state index in [9.17, 15) is 4.79 Å². The number of benzene rings is 1. The fourth-order valence-electron chi connectivity index (χ4n) is 2.26. The molecule has 0 fully saturated rings. The van der Waals surface area contributed by atoms with E-state index in [0.717, 1.165) is 16.9 Å². The molecule has 2 heterocycles. The van der Waals surface area contributed by atoms with Crippen molar-refractivity contribution in [1.29, 1.82) is 0 Å². The molecule has 25 heavy (non-hydrogen) atoms. The lowest BCUT2D eigenvalue weighted by atomic mass is 10.2. The molecule has 6 nitrogen and oxygen atoms in total. The Morgan fingerprint density at radius 3 is 2.68 bits per heavy atom. The number of rotatable bonds is 6. The average Bonchev–Trinajstić information content (AvgIpc) is 3.13. The highest BCUT2D eigenvalue weighted by molar-refractivity contribution is 6.30. The summed E-state index contributed by atoms with van der Waals surface area (Å²) >= 11 is 5.90. The monoisotopic (exact) mass is 356 g/mol. The van der Waals surface area contributed by atoms with Gasteiger partial charge < -0.3 is 10.1 Å². The predicted octanol–water partition coefficient (Wildman–Crippen LogP) is 2.96. The molecule has 3 aromatic rings. The Kier molecular flexibility index (Phi) is 5.42. The number of amides is 1. The molecule has 0 saturated heterocycles. The molecule has 0 saturated carbocycles. The predicted molar refractivity (Wildman–Crippen MR) is 96.0 cm³/mol. The van der Waals surface area contributed by atoms with Crippen molar-refractivity contribution in [3.05, 3.63) is 65.6 Å². The second-order valence-electron chi connectivity index (χ2n) is 5.33. The van der Waals surface area contributed by atoms with Gasteiger partial charge in [-0.05, 0) is 36.4 Å². The highest BCUT2D eigenvalue weighted by Gasteiger charge is 2.08. The number of pyridine rings is 1. The van der Waals surface area contributed by atoms with Crippen LogP contribution >= 0.6 is 11.6 Å². The van der Waals surface area contributed by atoms with Crippen molar-refractivity contribution in [2.24, 2.45) is 0 Å². The van der Waals surface area contributed by atoms with Crippen LogP contribution in [-0.4, -0.2) is 40.9 Å². The van der Waals surface area contributed by atoms with E-state index < -0.39 is 0 Å². The van der Waals surface area contributed by atoms with Crippen LogP contribution in [0, 0.1) is 0 Å². The molecule has 128 valence electrons. The maximum absolute atomic E-state index is 12.0. The minimum absolute atomic E-state index is 0.173. The summed E-state index contributed by atoms with van der Waals surface area (Å²) in [6.07, 6.45) is 5.16. The van der Waals surface area contributed by atoms with Gasteiger partial charge in [0.25, 0.3) is 5.91 Å². The van der Waals surface area contributed by atoms with Crippen molar-refractivity contribution in [1.82, 2.24) is 20.1 Å². The van der Waals surface area contributed by atoms with Crippen LogP contribution < -0.4 is 5.32 Å². The highest BCUT2D eigenvalue weighted by atomic mass is 35.5. The zero-order valence-corrected chi connectivity index (χ0v) is 14.4. The van der Waals surface area contributed by atoms with E-state index in [4.69, 9.17) is 16.3 Å². The molecule has 3 rings (SSSR count). The number of nitrogens with one attached hydrogen (secondary N) is 1. The Labute approximate surface area is 150 Å². The van der Waals surface area contributed by atoms with Gasteiger partial charge in [-0.15, -0.1) is 0 Å². The fourth-order valence-corrected chi connectivity index (χ4v) is 2.38. The van der Waals surface area contributed by atoms with Crippen LogP contribution in [0.2, 0.25) is 5.02 Å². The molecule has 0 aliphatic rings. The molecule has 0 radical (unpaired) electrons. The zero-order chi connectivity index (χ0) is 17.6. The second kappa shape index (κ2) is 7.92. The van der Waals surface area contributed by atoms with Crippen molar-refractivity contribution < 1.29 is 9.53 Å². The van der Waals surface area contributed by atoms with Gasteiger partial charge in [0.2, 0.25) is 0 Å². The van der Waals surface area contributed by atoms with E-state index in [2.05, 4.69) is 15.4 Å². The lowest BCUT2D eigenvalue weighted by Gasteiger charge is -2.04. The number of hydrogen-bond donors (Lipinski definition) is 1.